The lowest BCUT2D eigenvalue weighted by atomic mass is 10.1. The molecule has 3 atom stereocenters. The SMILES string of the molecule is CCN1CCCC1CN(C)C(=O)C1CC(OC)CN1. The second kappa shape index (κ2) is 6.68. The highest BCUT2D eigenvalue weighted by Crippen LogP contribution is 2.18. The first-order valence-corrected chi connectivity index (χ1v) is 7.41. The average molecular weight is 269 g/mol. The molecule has 2 saturated heterocycles. The molecule has 19 heavy (non-hydrogen) atoms. The lowest BCUT2D eigenvalue weighted by Gasteiger charge is -2.29. The highest BCUT2D eigenvalue weighted by Gasteiger charge is 2.33. The maximum absolute atomic E-state index is 12.4. The van der Waals surface area contributed by atoms with Crippen LogP contribution in [0.2, 0.25) is 0 Å². The summed E-state index contributed by atoms with van der Waals surface area (Å²) in [5.41, 5.74) is 0. The Labute approximate surface area is 116 Å². The van der Waals surface area contributed by atoms with Crippen molar-refractivity contribution in [3.8, 4) is 0 Å². The Morgan fingerprint density at radius 1 is 1.53 bits per heavy atom. The maximum Gasteiger partial charge on any atom is 0.239 e. The van der Waals surface area contributed by atoms with Gasteiger partial charge in [0.25, 0.3) is 0 Å². The molecule has 0 aromatic carbocycles. The molecule has 0 aromatic heterocycles. The molecule has 110 valence electrons. The van der Waals surface area contributed by atoms with Crippen molar-refractivity contribution < 1.29 is 9.53 Å². The summed E-state index contributed by atoms with van der Waals surface area (Å²) in [5.74, 6) is 0.211. The van der Waals surface area contributed by atoms with E-state index in [2.05, 4.69) is 17.1 Å². The summed E-state index contributed by atoms with van der Waals surface area (Å²) in [7, 11) is 3.64. The van der Waals surface area contributed by atoms with Crippen LogP contribution in [0.4, 0.5) is 0 Å². The van der Waals surface area contributed by atoms with Crippen molar-refractivity contribution >= 4 is 5.91 Å². The number of likely N-dealkylation sites (N-methyl/N-ethyl adjacent to an activating group) is 2. The van der Waals surface area contributed by atoms with Crippen LogP contribution in [-0.2, 0) is 9.53 Å². The van der Waals surface area contributed by atoms with E-state index in [1.165, 1.54) is 19.4 Å². The number of nitrogens with zero attached hydrogens (tertiary/aromatic N) is 2. The van der Waals surface area contributed by atoms with Gasteiger partial charge in [0.1, 0.15) is 0 Å². The van der Waals surface area contributed by atoms with E-state index in [-0.39, 0.29) is 18.1 Å². The molecule has 2 heterocycles. The second-order valence-corrected chi connectivity index (χ2v) is 5.70. The monoisotopic (exact) mass is 269 g/mol. The van der Waals surface area contributed by atoms with E-state index in [1.54, 1.807) is 7.11 Å². The molecule has 0 saturated carbocycles. The molecule has 0 spiro atoms. The Morgan fingerprint density at radius 3 is 2.95 bits per heavy atom. The molecule has 0 bridgehead atoms. The lowest BCUT2D eigenvalue weighted by Crippen LogP contribution is -2.47. The summed E-state index contributed by atoms with van der Waals surface area (Å²) in [6.45, 7) is 6.09. The minimum absolute atomic E-state index is 0.0635. The molecule has 1 N–H and O–H groups in total. The normalized spacial score (nSPS) is 31.8. The summed E-state index contributed by atoms with van der Waals surface area (Å²) in [4.78, 5) is 16.8. The molecule has 2 fully saturated rings. The van der Waals surface area contributed by atoms with Crippen LogP contribution in [0.5, 0.6) is 0 Å². The van der Waals surface area contributed by atoms with Crippen LogP contribution in [0.1, 0.15) is 26.2 Å². The largest absolute Gasteiger partial charge is 0.380 e. The number of amides is 1. The molecule has 2 aliphatic heterocycles. The highest BCUT2D eigenvalue weighted by molar-refractivity contribution is 5.82. The minimum Gasteiger partial charge on any atom is -0.380 e. The van der Waals surface area contributed by atoms with Gasteiger partial charge in [-0.3, -0.25) is 9.69 Å². The first-order chi connectivity index (χ1) is 9.15. The van der Waals surface area contributed by atoms with Crippen LogP contribution in [0, 0.1) is 0 Å². The van der Waals surface area contributed by atoms with E-state index < -0.39 is 0 Å². The molecule has 1 amide bonds. The van der Waals surface area contributed by atoms with Gasteiger partial charge in [0.05, 0.1) is 12.1 Å². The van der Waals surface area contributed by atoms with E-state index in [0.29, 0.717) is 6.04 Å². The van der Waals surface area contributed by atoms with Gasteiger partial charge in [0.15, 0.2) is 0 Å². The number of carbonyl (C=O) groups excluding carboxylic acids is 1. The zero-order chi connectivity index (χ0) is 13.8. The topological polar surface area (TPSA) is 44.8 Å². The van der Waals surface area contributed by atoms with Crippen molar-refractivity contribution in [3.05, 3.63) is 0 Å². The van der Waals surface area contributed by atoms with Crippen LogP contribution >= 0.6 is 0 Å². The van der Waals surface area contributed by atoms with Crippen molar-refractivity contribution in [3.63, 3.8) is 0 Å². The van der Waals surface area contributed by atoms with E-state index >= 15 is 0 Å². The van der Waals surface area contributed by atoms with Gasteiger partial charge in [-0.15, -0.1) is 0 Å². The summed E-state index contributed by atoms with van der Waals surface area (Å²) < 4.78 is 5.30. The van der Waals surface area contributed by atoms with E-state index in [4.69, 9.17) is 4.74 Å². The minimum atomic E-state index is -0.0635. The van der Waals surface area contributed by atoms with Gasteiger partial charge in [-0.2, -0.15) is 0 Å². The van der Waals surface area contributed by atoms with Gasteiger partial charge in [0.2, 0.25) is 5.91 Å². The predicted molar refractivity (Wildman–Crippen MR) is 75.1 cm³/mol. The predicted octanol–water partition coefficient (Wildman–Crippen LogP) is 0.306. The summed E-state index contributed by atoms with van der Waals surface area (Å²) >= 11 is 0. The fourth-order valence-corrected chi connectivity index (χ4v) is 3.26. The van der Waals surface area contributed by atoms with Crippen molar-refractivity contribution in [1.29, 1.82) is 0 Å². The lowest BCUT2D eigenvalue weighted by molar-refractivity contribution is -0.132. The number of nitrogens with one attached hydrogen (secondary N) is 1. The Hall–Kier alpha value is -0.650. The number of ether oxygens (including phenoxy) is 1. The first kappa shape index (κ1) is 14.8. The zero-order valence-electron chi connectivity index (χ0n) is 12.4. The standard InChI is InChI=1S/C14H27N3O2/c1-4-17-7-5-6-11(17)10-16(2)14(18)13-8-12(19-3)9-15-13/h11-13,15H,4-10H2,1-3H3. The van der Waals surface area contributed by atoms with Crippen LogP contribution in [0.15, 0.2) is 0 Å². The van der Waals surface area contributed by atoms with Gasteiger partial charge >= 0.3 is 0 Å². The van der Waals surface area contributed by atoms with Crippen LogP contribution in [0.3, 0.4) is 0 Å². The molecule has 5 heteroatoms. The van der Waals surface area contributed by atoms with Crippen molar-refractivity contribution in [2.75, 3.05) is 40.3 Å². The van der Waals surface area contributed by atoms with Gasteiger partial charge in [-0.1, -0.05) is 6.92 Å². The fourth-order valence-electron chi connectivity index (χ4n) is 3.26. The number of hydrogen-bond donors (Lipinski definition) is 1. The number of likely N-dealkylation sites (tertiary alicyclic amines) is 1. The Morgan fingerprint density at radius 2 is 2.32 bits per heavy atom. The molecule has 5 nitrogen and oxygen atoms in total. The van der Waals surface area contributed by atoms with Crippen molar-refractivity contribution in [2.45, 2.75) is 44.4 Å². The number of rotatable bonds is 5. The van der Waals surface area contributed by atoms with E-state index in [9.17, 15) is 4.79 Å². The molecular weight excluding hydrogens is 242 g/mol. The fraction of sp³-hybridized carbons (Fsp3) is 0.929. The molecule has 0 aromatic rings. The molecule has 0 radical (unpaired) electrons. The van der Waals surface area contributed by atoms with E-state index in [0.717, 1.165) is 26.1 Å². The molecular formula is C14H27N3O2. The van der Waals surface area contributed by atoms with Crippen molar-refractivity contribution in [2.24, 2.45) is 0 Å². The smallest absolute Gasteiger partial charge is 0.239 e. The molecule has 2 rings (SSSR count). The van der Waals surface area contributed by atoms with Gasteiger partial charge in [0, 0.05) is 33.3 Å². The van der Waals surface area contributed by atoms with Crippen LogP contribution < -0.4 is 5.32 Å². The summed E-state index contributed by atoms with van der Waals surface area (Å²) in [5, 5.41) is 3.26. The zero-order valence-corrected chi connectivity index (χ0v) is 12.4. The first-order valence-electron chi connectivity index (χ1n) is 7.41. The molecule has 2 aliphatic rings. The van der Waals surface area contributed by atoms with Gasteiger partial charge in [-0.05, 0) is 32.4 Å². The maximum atomic E-state index is 12.4. The third kappa shape index (κ3) is 3.46. The van der Waals surface area contributed by atoms with Gasteiger partial charge in [-0.25, -0.2) is 0 Å². The summed E-state index contributed by atoms with van der Waals surface area (Å²) in [6, 6.07) is 0.477. The molecule has 0 aliphatic carbocycles. The number of carbonyl (C=O) groups is 1. The Bertz CT molecular complexity index is 311. The Balaban J connectivity index is 1.82. The average Bonchev–Trinajstić information content (AvgIpc) is 3.06. The number of hydrogen-bond acceptors (Lipinski definition) is 4. The summed E-state index contributed by atoms with van der Waals surface area (Å²) in [6.07, 6.45) is 3.45. The Kier molecular flexibility index (Phi) is 5.19. The van der Waals surface area contributed by atoms with Crippen molar-refractivity contribution in [1.82, 2.24) is 15.1 Å². The third-order valence-electron chi connectivity index (χ3n) is 4.49. The second-order valence-electron chi connectivity index (χ2n) is 5.70. The molecule has 3 unspecified atom stereocenters. The van der Waals surface area contributed by atoms with Crippen LogP contribution in [0.25, 0.3) is 0 Å². The highest BCUT2D eigenvalue weighted by atomic mass is 16.5. The third-order valence-corrected chi connectivity index (χ3v) is 4.49. The number of methoxy groups -OCH3 is 1. The van der Waals surface area contributed by atoms with E-state index in [1.807, 2.05) is 11.9 Å². The van der Waals surface area contributed by atoms with Crippen LogP contribution in [-0.4, -0.2) is 74.2 Å². The quantitative estimate of drug-likeness (QED) is 0.780. The van der Waals surface area contributed by atoms with Gasteiger partial charge < -0.3 is 15.0 Å².